The average Bonchev–Trinajstić information content (AvgIpc) is 2.78. The summed E-state index contributed by atoms with van der Waals surface area (Å²) in [7, 11) is 1.29. The van der Waals surface area contributed by atoms with Crippen molar-refractivity contribution in [3.8, 4) is 5.75 Å². The van der Waals surface area contributed by atoms with Crippen LogP contribution in [0.15, 0.2) is 42.5 Å². The van der Waals surface area contributed by atoms with Crippen LogP contribution in [0, 0.1) is 17.8 Å². The van der Waals surface area contributed by atoms with Gasteiger partial charge in [-0.1, -0.05) is 23.7 Å². The van der Waals surface area contributed by atoms with Crippen LogP contribution in [0.3, 0.4) is 0 Å². The van der Waals surface area contributed by atoms with Gasteiger partial charge in [-0.3, -0.25) is 4.79 Å². The second kappa shape index (κ2) is 8.43. The van der Waals surface area contributed by atoms with Crippen LogP contribution in [-0.4, -0.2) is 25.6 Å². The fourth-order valence-electron chi connectivity index (χ4n) is 6.62. The minimum atomic E-state index is -0.563. The number of methoxy groups -OCH3 is 1. The third-order valence-corrected chi connectivity index (χ3v) is 7.75. The van der Waals surface area contributed by atoms with E-state index in [1.165, 1.54) is 57.3 Å². The van der Waals surface area contributed by atoms with Crippen LogP contribution < -0.4 is 10.1 Å². The van der Waals surface area contributed by atoms with Crippen molar-refractivity contribution in [2.75, 3.05) is 19.0 Å². The number of hydrogen-bond donors (Lipinski definition) is 1. The largest absolute Gasteiger partial charge is 0.484 e. The quantitative estimate of drug-likeness (QED) is 0.577. The molecular formula is C26H28ClNO4. The molecule has 32 heavy (non-hydrogen) atoms. The number of carbonyl (C=O) groups excluding carboxylic acids is 2. The van der Waals surface area contributed by atoms with Gasteiger partial charge < -0.3 is 14.8 Å². The summed E-state index contributed by atoms with van der Waals surface area (Å²) in [5, 5.41) is 3.11. The first-order valence-electron chi connectivity index (χ1n) is 11.4. The molecule has 4 bridgehead atoms. The van der Waals surface area contributed by atoms with Crippen LogP contribution in [0.25, 0.3) is 0 Å². The number of halogens is 1. The van der Waals surface area contributed by atoms with Gasteiger partial charge in [-0.15, -0.1) is 0 Å². The molecule has 6 rings (SSSR count). The summed E-state index contributed by atoms with van der Waals surface area (Å²) < 4.78 is 10.6. The van der Waals surface area contributed by atoms with E-state index in [2.05, 4.69) is 17.4 Å². The Bertz CT molecular complexity index is 1010. The molecular weight excluding hydrogens is 426 g/mol. The zero-order chi connectivity index (χ0) is 22.3. The number of anilines is 1. The van der Waals surface area contributed by atoms with Crippen molar-refractivity contribution in [1.29, 1.82) is 0 Å². The highest BCUT2D eigenvalue weighted by atomic mass is 35.5. The Labute approximate surface area is 193 Å². The smallest absolute Gasteiger partial charge is 0.340 e. The predicted octanol–water partition coefficient (Wildman–Crippen LogP) is 5.61. The summed E-state index contributed by atoms with van der Waals surface area (Å²) in [6, 6.07) is 13.0. The Morgan fingerprint density at radius 1 is 1.03 bits per heavy atom. The molecule has 4 fully saturated rings. The maximum atomic E-state index is 12.5. The van der Waals surface area contributed by atoms with Crippen LogP contribution in [0.2, 0.25) is 5.02 Å². The van der Waals surface area contributed by atoms with Gasteiger partial charge in [-0.05, 0) is 97.6 Å². The van der Waals surface area contributed by atoms with Crippen molar-refractivity contribution < 1.29 is 19.1 Å². The Hall–Kier alpha value is -2.53. The molecule has 4 aliphatic carbocycles. The maximum Gasteiger partial charge on any atom is 0.340 e. The number of hydrogen-bond acceptors (Lipinski definition) is 4. The highest BCUT2D eigenvalue weighted by Crippen LogP contribution is 2.60. The minimum Gasteiger partial charge on any atom is -0.484 e. The number of carbonyl (C=O) groups is 2. The molecule has 1 amide bonds. The first-order chi connectivity index (χ1) is 15.4. The van der Waals surface area contributed by atoms with E-state index >= 15 is 0 Å². The fourth-order valence-corrected chi connectivity index (χ4v) is 6.79. The molecule has 0 atom stereocenters. The lowest BCUT2D eigenvalue weighted by Crippen LogP contribution is -2.48. The van der Waals surface area contributed by atoms with Gasteiger partial charge in [0.2, 0.25) is 0 Å². The van der Waals surface area contributed by atoms with Gasteiger partial charge in [0, 0.05) is 5.02 Å². The van der Waals surface area contributed by atoms with Crippen LogP contribution in [-0.2, 0) is 14.9 Å². The molecule has 4 aliphatic rings. The second-order valence-electron chi connectivity index (χ2n) is 9.74. The summed E-state index contributed by atoms with van der Waals surface area (Å²) >= 11 is 5.98. The third kappa shape index (κ3) is 4.11. The molecule has 0 radical (unpaired) electrons. The van der Waals surface area contributed by atoms with Gasteiger partial charge in [0.25, 0.3) is 5.91 Å². The van der Waals surface area contributed by atoms with Gasteiger partial charge in [0.15, 0.2) is 6.61 Å². The molecule has 0 spiro atoms. The summed E-state index contributed by atoms with van der Waals surface area (Å²) in [6.07, 6.45) is 8.09. The summed E-state index contributed by atoms with van der Waals surface area (Å²) in [4.78, 5) is 24.5. The molecule has 0 aliphatic heterocycles. The number of nitrogens with one attached hydrogen (secondary N) is 1. The molecule has 0 saturated heterocycles. The zero-order valence-corrected chi connectivity index (χ0v) is 19.0. The highest BCUT2D eigenvalue weighted by Gasteiger charge is 2.51. The molecule has 1 N–H and O–H groups in total. The molecule has 0 aromatic heterocycles. The van der Waals surface area contributed by atoms with Gasteiger partial charge in [0.1, 0.15) is 5.75 Å². The second-order valence-corrected chi connectivity index (χ2v) is 10.2. The van der Waals surface area contributed by atoms with Crippen molar-refractivity contribution in [2.45, 2.75) is 43.9 Å². The van der Waals surface area contributed by atoms with E-state index in [1.807, 2.05) is 12.1 Å². The number of ether oxygens (including phenoxy) is 2. The van der Waals surface area contributed by atoms with Crippen molar-refractivity contribution >= 4 is 29.2 Å². The normalized spacial score (nSPS) is 27.8. The fraction of sp³-hybridized carbons (Fsp3) is 0.462. The topological polar surface area (TPSA) is 64.6 Å². The van der Waals surface area contributed by atoms with Crippen molar-refractivity contribution in [3.05, 3.63) is 58.6 Å². The highest BCUT2D eigenvalue weighted by molar-refractivity contribution is 6.31. The summed E-state index contributed by atoms with van der Waals surface area (Å²) in [6.45, 7) is -0.145. The first kappa shape index (κ1) is 21.3. The molecule has 4 saturated carbocycles. The average molecular weight is 454 g/mol. The van der Waals surface area contributed by atoms with E-state index in [9.17, 15) is 9.59 Å². The van der Waals surface area contributed by atoms with E-state index in [4.69, 9.17) is 21.1 Å². The van der Waals surface area contributed by atoms with Crippen LogP contribution >= 0.6 is 11.6 Å². The standard InChI is InChI=1S/C26H28ClNO4/c1-31-25(30)22-11-20(27)5-6-23(22)28-24(29)15-32-21-4-2-3-19(10-21)26-12-16-7-17(13-26)9-18(8-16)14-26/h2-6,10-11,16-18H,7-9,12-15H2,1H3,(H,28,29). The summed E-state index contributed by atoms with van der Waals surface area (Å²) in [5.41, 5.74) is 2.20. The Balaban J connectivity index is 1.26. The van der Waals surface area contributed by atoms with Gasteiger partial charge in [0.05, 0.1) is 18.4 Å². The number of esters is 1. The molecule has 0 unspecified atom stereocenters. The zero-order valence-electron chi connectivity index (χ0n) is 18.2. The van der Waals surface area contributed by atoms with Crippen LogP contribution in [0.1, 0.15) is 54.4 Å². The van der Waals surface area contributed by atoms with E-state index in [0.29, 0.717) is 16.5 Å². The number of rotatable bonds is 6. The van der Waals surface area contributed by atoms with Crippen LogP contribution in [0.5, 0.6) is 5.75 Å². The molecule has 5 nitrogen and oxygen atoms in total. The molecule has 168 valence electrons. The first-order valence-corrected chi connectivity index (χ1v) is 11.7. The Morgan fingerprint density at radius 2 is 1.72 bits per heavy atom. The summed E-state index contributed by atoms with van der Waals surface area (Å²) in [5.74, 6) is 2.42. The van der Waals surface area contributed by atoms with Crippen molar-refractivity contribution in [3.63, 3.8) is 0 Å². The third-order valence-electron chi connectivity index (χ3n) is 7.52. The SMILES string of the molecule is COC(=O)c1cc(Cl)ccc1NC(=O)COc1cccc(C23CC4CC(CC(C4)C2)C3)c1. The minimum absolute atomic E-state index is 0.145. The van der Waals surface area contributed by atoms with E-state index in [0.717, 1.165) is 17.8 Å². The van der Waals surface area contributed by atoms with E-state index in [1.54, 1.807) is 12.1 Å². The van der Waals surface area contributed by atoms with E-state index in [-0.39, 0.29) is 23.5 Å². The molecule has 2 aromatic rings. The van der Waals surface area contributed by atoms with Crippen molar-refractivity contribution in [1.82, 2.24) is 0 Å². The lowest BCUT2D eigenvalue weighted by Gasteiger charge is -2.57. The van der Waals surface area contributed by atoms with Gasteiger partial charge >= 0.3 is 5.97 Å². The maximum absolute atomic E-state index is 12.5. The lowest BCUT2D eigenvalue weighted by molar-refractivity contribution is -0.118. The Morgan fingerprint density at radius 3 is 2.38 bits per heavy atom. The monoisotopic (exact) mass is 453 g/mol. The molecule has 0 heterocycles. The lowest BCUT2D eigenvalue weighted by atomic mass is 9.48. The van der Waals surface area contributed by atoms with Gasteiger partial charge in [-0.25, -0.2) is 4.79 Å². The predicted molar refractivity (Wildman–Crippen MR) is 123 cm³/mol. The van der Waals surface area contributed by atoms with Crippen LogP contribution in [0.4, 0.5) is 5.69 Å². The Kier molecular flexibility index (Phi) is 5.62. The van der Waals surface area contributed by atoms with Crippen molar-refractivity contribution in [2.24, 2.45) is 17.8 Å². The molecule has 2 aromatic carbocycles. The number of benzene rings is 2. The van der Waals surface area contributed by atoms with E-state index < -0.39 is 5.97 Å². The van der Waals surface area contributed by atoms with Gasteiger partial charge in [-0.2, -0.15) is 0 Å². The molecule has 6 heteroatoms. The number of amides is 1.